The van der Waals surface area contributed by atoms with Gasteiger partial charge in [-0.25, -0.2) is 4.79 Å². The summed E-state index contributed by atoms with van der Waals surface area (Å²) in [4.78, 5) is 24.0. The Balaban J connectivity index is 1.94. The minimum absolute atomic E-state index is 0.255. The summed E-state index contributed by atoms with van der Waals surface area (Å²) in [6.45, 7) is 1.56. The molecule has 2 rings (SSSR count). The smallest absolute Gasteiger partial charge is 0.331 e. The summed E-state index contributed by atoms with van der Waals surface area (Å²) in [6.07, 6.45) is 2.11. The SMILES string of the molecule is COc1ccc(C(=O)C(C)OC(=O)C=Cc2ccccc2)cc1. The second-order valence-electron chi connectivity index (χ2n) is 4.92. The van der Waals surface area contributed by atoms with E-state index in [1.807, 2.05) is 30.3 Å². The van der Waals surface area contributed by atoms with Crippen molar-refractivity contribution in [1.29, 1.82) is 0 Å². The lowest BCUT2D eigenvalue weighted by Crippen LogP contribution is -2.23. The lowest BCUT2D eigenvalue weighted by atomic mass is 10.1. The maximum absolute atomic E-state index is 12.2. The summed E-state index contributed by atoms with van der Waals surface area (Å²) in [6, 6.07) is 16.1. The van der Waals surface area contributed by atoms with Crippen molar-refractivity contribution < 1.29 is 19.1 Å². The molecule has 0 aliphatic carbocycles. The van der Waals surface area contributed by atoms with E-state index in [0.29, 0.717) is 11.3 Å². The molecule has 0 saturated carbocycles. The highest BCUT2D eigenvalue weighted by Gasteiger charge is 2.18. The summed E-state index contributed by atoms with van der Waals surface area (Å²) >= 11 is 0. The number of benzene rings is 2. The molecule has 0 saturated heterocycles. The zero-order valence-electron chi connectivity index (χ0n) is 13.1. The zero-order chi connectivity index (χ0) is 16.7. The summed E-state index contributed by atoms with van der Waals surface area (Å²) < 4.78 is 10.2. The maximum Gasteiger partial charge on any atom is 0.331 e. The molecule has 1 atom stereocenters. The largest absolute Gasteiger partial charge is 0.497 e. The molecule has 0 spiro atoms. The molecular weight excluding hydrogens is 292 g/mol. The van der Waals surface area contributed by atoms with E-state index < -0.39 is 12.1 Å². The Labute approximate surface area is 135 Å². The molecule has 0 radical (unpaired) electrons. The van der Waals surface area contributed by atoms with E-state index >= 15 is 0 Å². The van der Waals surface area contributed by atoms with Gasteiger partial charge in [-0.3, -0.25) is 4.79 Å². The van der Waals surface area contributed by atoms with E-state index in [9.17, 15) is 9.59 Å². The first kappa shape index (κ1) is 16.5. The number of carbonyl (C=O) groups is 2. The Morgan fingerprint density at radius 1 is 1.00 bits per heavy atom. The Bertz CT molecular complexity index is 687. The minimum atomic E-state index is -0.851. The molecule has 2 aromatic rings. The molecule has 0 aliphatic rings. The van der Waals surface area contributed by atoms with Crippen molar-refractivity contribution in [1.82, 2.24) is 0 Å². The van der Waals surface area contributed by atoms with Gasteiger partial charge in [0.1, 0.15) is 5.75 Å². The molecular formula is C19H18O4. The fourth-order valence-corrected chi connectivity index (χ4v) is 1.99. The standard InChI is InChI=1S/C19H18O4/c1-14(19(21)16-9-11-17(22-2)12-10-16)23-18(20)13-8-15-6-4-3-5-7-15/h3-14H,1-2H3. The molecule has 0 heterocycles. The van der Waals surface area contributed by atoms with Gasteiger partial charge in [0.05, 0.1) is 7.11 Å². The molecule has 1 unspecified atom stereocenters. The Morgan fingerprint density at radius 3 is 2.26 bits per heavy atom. The normalized spacial score (nSPS) is 11.9. The molecule has 0 aromatic heterocycles. The number of esters is 1. The van der Waals surface area contributed by atoms with Crippen molar-refractivity contribution in [2.45, 2.75) is 13.0 Å². The van der Waals surface area contributed by atoms with E-state index in [1.165, 1.54) is 6.08 Å². The van der Waals surface area contributed by atoms with Gasteiger partial charge in [-0.2, -0.15) is 0 Å². The Kier molecular flexibility index (Phi) is 5.69. The van der Waals surface area contributed by atoms with Gasteiger partial charge in [0.25, 0.3) is 0 Å². The molecule has 0 aliphatic heterocycles. The summed E-state index contributed by atoms with van der Waals surface area (Å²) in [7, 11) is 1.56. The first-order valence-corrected chi connectivity index (χ1v) is 7.22. The number of methoxy groups -OCH3 is 1. The molecule has 2 aromatic carbocycles. The van der Waals surface area contributed by atoms with E-state index in [0.717, 1.165) is 5.56 Å². The lowest BCUT2D eigenvalue weighted by molar-refractivity contribution is -0.140. The van der Waals surface area contributed by atoms with E-state index in [2.05, 4.69) is 0 Å². The Hall–Kier alpha value is -2.88. The van der Waals surface area contributed by atoms with Crippen molar-refractivity contribution in [3.05, 3.63) is 71.8 Å². The van der Waals surface area contributed by atoms with Crippen LogP contribution in [0.4, 0.5) is 0 Å². The number of hydrogen-bond acceptors (Lipinski definition) is 4. The molecule has 0 fully saturated rings. The third-order valence-corrected chi connectivity index (χ3v) is 3.25. The van der Waals surface area contributed by atoms with Crippen molar-refractivity contribution in [3.63, 3.8) is 0 Å². The quantitative estimate of drug-likeness (QED) is 0.465. The summed E-state index contributed by atoms with van der Waals surface area (Å²) in [5, 5.41) is 0. The van der Waals surface area contributed by atoms with Crippen molar-refractivity contribution >= 4 is 17.8 Å². The van der Waals surface area contributed by atoms with Gasteiger partial charge in [0.15, 0.2) is 6.10 Å². The van der Waals surface area contributed by atoms with Crippen LogP contribution in [0.1, 0.15) is 22.8 Å². The van der Waals surface area contributed by atoms with Crippen molar-refractivity contribution in [2.75, 3.05) is 7.11 Å². The summed E-state index contributed by atoms with van der Waals surface area (Å²) in [5.41, 5.74) is 1.36. The van der Waals surface area contributed by atoms with E-state index in [1.54, 1.807) is 44.4 Å². The van der Waals surface area contributed by atoms with Gasteiger partial charge in [-0.15, -0.1) is 0 Å². The zero-order valence-corrected chi connectivity index (χ0v) is 13.1. The van der Waals surface area contributed by atoms with Crippen LogP contribution in [-0.4, -0.2) is 25.0 Å². The third-order valence-electron chi connectivity index (χ3n) is 3.25. The second-order valence-corrected chi connectivity index (χ2v) is 4.92. The van der Waals surface area contributed by atoms with Crippen LogP contribution in [0.25, 0.3) is 6.08 Å². The van der Waals surface area contributed by atoms with E-state index in [-0.39, 0.29) is 5.78 Å². The first-order chi connectivity index (χ1) is 11.1. The van der Waals surface area contributed by atoms with Crippen LogP contribution in [0.2, 0.25) is 0 Å². The molecule has 23 heavy (non-hydrogen) atoms. The van der Waals surface area contributed by atoms with Gasteiger partial charge >= 0.3 is 5.97 Å². The van der Waals surface area contributed by atoms with Crippen LogP contribution in [0.3, 0.4) is 0 Å². The third kappa shape index (κ3) is 4.81. The highest BCUT2D eigenvalue weighted by atomic mass is 16.5. The molecule has 0 N–H and O–H groups in total. The number of ketones is 1. The highest BCUT2D eigenvalue weighted by molar-refractivity contribution is 6.01. The fraction of sp³-hybridized carbons (Fsp3) is 0.158. The first-order valence-electron chi connectivity index (χ1n) is 7.22. The summed E-state index contributed by atoms with van der Waals surface area (Å²) in [5.74, 6) is -0.144. The average molecular weight is 310 g/mol. The number of rotatable bonds is 6. The number of hydrogen-bond donors (Lipinski definition) is 0. The predicted molar refractivity (Wildman–Crippen MR) is 88.4 cm³/mol. The average Bonchev–Trinajstić information content (AvgIpc) is 2.60. The number of Topliss-reactive ketones (excluding diaryl/α,β-unsaturated/α-hetero) is 1. The Morgan fingerprint density at radius 2 is 1.65 bits per heavy atom. The van der Waals surface area contributed by atoms with Gasteiger partial charge in [-0.05, 0) is 42.8 Å². The highest BCUT2D eigenvalue weighted by Crippen LogP contribution is 2.14. The fourth-order valence-electron chi connectivity index (χ4n) is 1.99. The van der Waals surface area contributed by atoms with Crippen molar-refractivity contribution in [3.8, 4) is 5.75 Å². The van der Waals surface area contributed by atoms with Crippen LogP contribution in [0.15, 0.2) is 60.7 Å². The monoisotopic (exact) mass is 310 g/mol. The van der Waals surface area contributed by atoms with Gasteiger partial charge in [0, 0.05) is 11.6 Å². The lowest BCUT2D eigenvalue weighted by Gasteiger charge is -2.11. The van der Waals surface area contributed by atoms with Crippen LogP contribution in [0.5, 0.6) is 5.75 Å². The van der Waals surface area contributed by atoms with Gasteiger partial charge < -0.3 is 9.47 Å². The van der Waals surface area contributed by atoms with Crippen LogP contribution in [-0.2, 0) is 9.53 Å². The number of carbonyl (C=O) groups excluding carboxylic acids is 2. The predicted octanol–water partition coefficient (Wildman–Crippen LogP) is 3.52. The van der Waals surface area contributed by atoms with Crippen molar-refractivity contribution in [2.24, 2.45) is 0 Å². The molecule has 0 amide bonds. The molecule has 0 bridgehead atoms. The van der Waals surface area contributed by atoms with Crippen LogP contribution >= 0.6 is 0 Å². The van der Waals surface area contributed by atoms with Crippen LogP contribution in [0, 0.1) is 0 Å². The second kappa shape index (κ2) is 7.94. The molecule has 118 valence electrons. The van der Waals surface area contributed by atoms with E-state index in [4.69, 9.17) is 9.47 Å². The minimum Gasteiger partial charge on any atom is -0.497 e. The van der Waals surface area contributed by atoms with Gasteiger partial charge in [-0.1, -0.05) is 30.3 Å². The maximum atomic E-state index is 12.2. The number of ether oxygens (including phenoxy) is 2. The van der Waals surface area contributed by atoms with Crippen LogP contribution < -0.4 is 4.74 Å². The molecule has 4 heteroatoms. The van der Waals surface area contributed by atoms with Gasteiger partial charge in [0.2, 0.25) is 5.78 Å². The topological polar surface area (TPSA) is 52.6 Å². The molecule has 4 nitrogen and oxygen atoms in total.